The zero-order valence-corrected chi connectivity index (χ0v) is 8.74. The minimum Gasteiger partial charge on any atom is -0.399 e. The Labute approximate surface area is 83.7 Å². The average Bonchev–Trinajstić information content (AvgIpc) is 2.28. The molecule has 0 radical (unpaired) electrons. The van der Waals surface area contributed by atoms with Crippen molar-refractivity contribution >= 4 is 39.2 Å². The molecule has 0 aliphatic rings. The van der Waals surface area contributed by atoms with Gasteiger partial charge in [-0.25, -0.2) is 0 Å². The van der Waals surface area contributed by atoms with Crippen molar-refractivity contribution in [3.63, 3.8) is 0 Å². The van der Waals surface area contributed by atoms with Crippen LogP contribution in [0.15, 0.2) is 18.2 Å². The highest BCUT2D eigenvalue weighted by atomic mass is 127. The molecule has 2 N–H and O–H groups in total. The smallest absolute Gasteiger partial charge is 0.131 e. The molecule has 0 aliphatic heterocycles. The summed E-state index contributed by atoms with van der Waals surface area (Å²) in [6, 6.07) is 5.82. The van der Waals surface area contributed by atoms with Crippen LogP contribution in [0, 0.1) is 3.70 Å². The molecule has 0 bridgehead atoms. The lowest BCUT2D eigenvalue weighted by atomic mass is 10.2. The van der Waals surface area contributed by atoms with Gasteiger partial charge in [-0.3, -0.25) is 4.68 Å². The number of nitrogen functional groups attached to an aromatic ring is 1. The van der Waals surface area contributed by atoms with Crippen molar-refractivity contribution in [2.75, 3.05) is 5.73 Å². The fourth-order valence-corrected chi connectivity index (χ4v) is 2.00. The summed E-state index contributed by atoms with van der Waals surface area (Å²) in [6.45, 7) is 0. The Morgan fingerprint density at radius 2 is 2.25 bits per heavy atom. The van der Waals surface area contributed by atoms with E-state index >= 15 is 0 Å². The summed E-state index contributed by atoms with van der Waals surface area (Å²) in [7, 11) is 1.93. The van der Waals surface area contributed by atoms with Gasteiger partial charge in [0.2, 0.25) is 0 Å². The second-order valence-electron chi connectivity index (χ2n) is 2.69. The van der Waals surface area contributed by atoms with Gasteiger partial charge in [0.25, 0.3) is 0 Å². The molecule has 0 saturated carbocycles. The number of nitrogens with two attached hydrogens (primary N) is 1. The third kappa shape index (κ3) is 1.06. The van der Waals surface area contributed by atoms with Gasteiger partial charge in [-0.15, -0.1) is 0 Å². The first kappa shape index (κ1) is 7.85. The predicted octanol–water partition coefficient (Wildman–Crippen LogP) is 1.76. The minimum absolute atomic E-state index is 0.786. The minimum atomic E-state index is 0.786. The van der Waals surface area contributed by atoms with E-state index in [1.165, 1.54) is 0 Å². The van der Waals surface area contributed by atoms with E-state index < -0.39 is 0 Å². The molecule has 0 aliphatic carbocycles. The molecule has 1 heterocycles. The second kappa shape index (κ2) is 2.62. The number of hydrogen-bond acceptors (Lipinski definition) is 2. The topological polar surface area (TPSA) is 43.8 Å². The van der Waals surface area contributed by atoms with E-state index in [-0.39, 0.29) is 0 Å². The Hall–Kier alpha value is -0.780. The Balaban J connectivity index is 2.90. The second-order valence-corrected chi connectivity index (χ2v) is 3.71. The third-order valence-corrected chi connectivity index (χ3v) is 2.63. The van der Waals surface area contributed by atoms with E-state index in [9.17, 15) is 0 Å². The van der Waals surface area contributed by atoms with Crippen LogP contribution < -0.4 is 5.73 Å². The van der Waals surface area contributed by atoms with Crippen LogP contribution in [0.25, 0.3) is 10.9 Å². The highest BCUT2D eigenvalue weighted by molar-refractivity contribution is 14.1. The molecule has 3 nitrogen and oxygen atoms in total. The number of hydrogen-bond donors (Lipinski definition) is 1. The lowest BCUT2D eigenvalue weighted by molar-refractivity contribution is 0.787. The number of anilines is 1. The number of aromatic nitrogens is 2. The van der Waals surface area contributed by atoms with Crippen molar-refractivity contribution in [2.45, 2.75) is 0 Å². The fraction of sp³-hybridized carbons (Fsp3) is 0.125. The van der Waals surface area contributed by atoms with Gasteiger partial charge in [0.05, 0.1) is 5.52 Å². The highest BCUT2D eigenvalue weighted by Crippen LogP contribution is 2.21. The Kier molecular flexibility index (Phi) is 1.71. The van der Waals surface area contributed by atoms with Crippen molar-refractivity contribution in [3.8, 4) is 0 Å². The van der Waals surface area contributed by atoms with Crippen LogP contribution in [0.2, 0.25) is 0 Å². The summed E-state index contributed by atoms with van der Waals surface area (Å²) in [5.74, 6) is 0. The summed E-state index contributed by atoms with van der Waals surface area (Å²) in [6.07, 6.45) is 0. The molecule has 2 rings (SSSR count). The number of benzene rings is 1. The van der Waals surface area contributed by atoms with Crippen LogP contribution >= 0.6 is 22.6 Å². The third-order valence-electron chi connectivity index (χ3n) is 1.83. The van der Waals surface area contributed by atoms with E-state index in [1.807, 2.05) is 29.9 Å². The van der Waals surface area contributed by atoms with Gasteiger partial charge < -0.3 is 5.73 Å². The molecule has 0 unspecified atom stereocenters. The maximum Gasteiger partial charge on any atom is 0.131 e. The maximum absolute atomic E-state index is 5.66. The van der Waals surface area contributed by atoms with E-state index in [0.29, 0.717) is 0 Å². The number of halogens is 1. The quantitative estimate of drug-likeness (QED) is 0.587. The molecule has 12 heavy (non-hydrogen) atoms. The Morgan fingerprint density at radius 3 is 3.00 bits per heavy atom. The van der Waals surface area contributed by atoms with E-state index in [0.717, 1.165) is 20.3 Å². The van der Waals surface area contributed by atoms with Gasteiger partial charge in [0.15, 0.2) is 0 Å². The zero-order chi connectivity index (χ0) is 8.72. The molecule has 0 saturated heterocycles. The van der Waals surface area contributed by atoms with Gasteiger partial charge in [0.1, 0.15) is 3.70 Å². The zero-order valence-electron chi connectivity index (χ0n) is 6.58. The van der Waals surface area contributed by atoms with Crippen molar-refractivity contribution in [1.82, 2.24) is 9.78 Å². The van der Waals surface area contributed by atoms with Crippen molar-refractivity contribution in [2.24, 2.45) is 7.05 Å². The van der Waals surface area contributed by atoms with Crippen LogP contribution in [-0.2, 0) is 7.05 Å². The summed E-state index contributed by atoms with van der Waals surface area (Å²) < 4.78 is 2.86. The molecule has 2 aromatic rings. The number of fused-ring (bicyclic) bond motifs is 1. The Morgan fingerprint density at radius 1 is 1.50 bits per heavy atom. The molecule has 0 spiro atoms. The summed E-state index contributed by atoms with van der Waals surface area (Å²) in [5.41, 5.74) is 7.57. The van der Waals surface area contributed by atoms with Gasteiger partial charge in [-0.05, 0) is 40.8 Å². The monoisotopic (exact) mass is 273 g/mol. The standard InChI is InChI=1S/C8H8IN3/c1-12-7-3-2-5(10)4-6(7)8(9)11-12/h2-4H,10H2,1H3. The predicted molar refractivity (Wildman–Crippen MR) is 57.8 cm³/mol. The molecule has 0 fully saturated rings. The fourth-order valence-electron chi connectivity index (χ4n) is 1.24. The Bertz CT molecular complexity index is 433. The summed E-state index contributed by atoms with van der Waals surface area (Å²) >= 11 is 2.21. The molecule has 1 aromatic carbocycles. The van der Waals surface area contributed by atoms with E-state index in [4.69, 9.17) is 5.73 Å². The number of aryl methyl sites for hydroxylation is 1. The van der Waals surface area contributed by atoms with Gasteiger partial charge >= 0.3 is 0 Å². The van der Waals surface area contributed by atoms with Gasteiger partial charge in [-0.2, -0.15) is 5.10 Å². The van der Waals surface area contributed by atoms with Gasteiger partial charge in [0, 0.05) is 18.1 Å². The van der Waals surface area contributed by atoms with E-state index in [2.05, 4.69) is 27.7 Å². The SMILES string of the molecule is Cn1nc(I)c2cc(N)ccc21. The molecule has 0 amide bonds. The largest absolute Gasteiger partial charge is 0.399 e. The van der Waals surface area contributed by atoms with Crippen molar-refractivity contribution in [1.29, 1.82) is 0 Å². The summed E-state index contributed by atoms with van der Waals surface area (Å²) in [4.78, 5) is 0. The average molecular weight is 273 g/mol. The number of rotatable bonds is 0. The van der Waals surface area contributed by atoms with Crippen LogP contribution in [0.1, 0.15) is 0 Å². The molecule has 62 valence electrons. The highest BCUT2D eigenvalue weighted by Gasteiger charge is 2.04. The maximum atomic E-state index is 5.66. The first-order valence-corrected chi connectivity index (χ1v) is 4.64. The molecule has 1 aromatic heterocycles. The first-order chi connectivity index (χ1) is 5.68. The molecule has 4 heteroatoms. The lowest BCUT2D eigenvalue weighted by Gasteiger charge is -1.94. The molecular formula is C8H8IN3. The van der Waals surface area contributed by atoms with Crippen molar-refractivity contribution < 1.29 is 0 Å². The van der Waals surface area contributed by atoms with Crippen LogP contribution in [0.4, 0.5) is 5.69 Å². The van der Waals surface area contributed by atoms with Crippen LogP contribution in [-0.4, -0.2) is 9.78 Å². The van der Waals surface area contributed by atoms with E-state index in [1.54, 1.807) is 0 Å². The van der Waals surface area contributed by atoms with Crippen LogP contribution in [0.5, 0.6) is 0 Å². The number of nitrogens with zero attached hydrogens (tertiary/aromatic N) is 2. The lowest BCUT2D eigenvalue weighted by Crippen LogP contribution is -1.89. The molecule has 0 atom stereocenters. The summed E-state index contributed by atoms with van der Waals surface area (Å²) in [5, 5.41) is 5.40. The van der Waals surface area contributed by atoms with Gasteiger partial charge in [-0.1, -0.05) is 0 Å². The van der Waals surface area contributed by atoms with Crippen LogP contribution in [0.3, 0.4) is 0 Å². The normalized spacial score (nSPS) is 10.8. The first-order valence-electron chi connectivity index (χ1n) is 3.56. The van der Waals surface area contributed by atoms with Crippen molar-refractivity contribution in [3.05, 3.63) is 21.9 Å². The molecular weight excluding hydrogens is 265 g/mol.